The molecule has 21 heavy (non-hydrogen) atoms. The predicted octanol–water partition coefficient (Wildman–Crippen LogP) is 2.38. The van der Waals surface area contributed by atoms with Gasteiger partial charge in [0.15, 0.2) is 5.82 Å². The van der Waals surface area contributed by atoms with E-state index in [-0.39, 0.29) is 12.1 Å². The van der Waals surface area contributed by atoms with E-state index in [1.807, 2.05) is 37.3 Å². The molecule has 0 aliphatic heterocycles. The Hall–Kier alpha value is -2.47. The Bertz CT molecular complexity index is 548. The molecule has 2 aromatic rings. The summed E-state index contributed by atoms with van der Waals surface area (Å²) < 4.78 is 5.66. The van der Waals surface area contributed by atoms with E-state index in [4.69, 9.17) is 4.74 Å². The van der Waals surface area contributed by atoms with E-state index < -0.39 is 0 Å². The van der Waals surface area contributed by atoms with Gasteiger partial charge in [0.25, 0.3) is 0 Å². The maximum Gasteiger partial charge on any atom is 0.320 e. The Kier molecular flexibility index (Phi) is 5.66. The second kappa shape index (κ2) is 7.96. The minimum Gasteiger partial charge on any atom is -0.372 e. The van der Waals surface area contributed by atoms with E-state index in [1.165, 1.54) is 0 Å². The van der Waals surface area contributed by atoms with Crippen LogP contribution in [-0.4, -0.2) is 29.4 Å². The van der Waals surface area contributed by atoms with E-state index >= 15 is 0 Å². The molecule has 2 rings (SSSR count). The number of carbonyl (C=O) groups excluding carboxylic acids is 1. The molecule has 6 nitrogen and oxygen atoms in total. The first-order valence-corrected chi connectivity index (χ1v) is 6.78. The largest absolute Gasteiger partial charge is 0.372 e. The summed E-state index contributed by atoms with van der Waals surface area (Å²) in [5.41, 5.74) is 1.03. The van der Waals surface area contributed by atoms with Crippen molar-refractivity contribution < 1.29 is 9.53 Å². The molecule has 2 N–H and O–H groups in total. The minimum atomic E-state index is -0.337. The summed E-state index contributed by atoms with van der Waals surface area (Å²) in [6.45, 7) is 2.88. The number of rotatable bonds is 6. The van der Waals surface area contributed by atoms with Crippen LogP contribution in [0.4, 0.5) is 10.6 Å². The van der Waals surface area contributed by atoms with E-state index in [9.17, 15) is 4.79 Å². The molecule has 1 unspecified atom stereocenters. The lowest BCUT2D eigenvalue weighted by molar-refractivity contribution is 0.0643. The van der Waals surface area contributed by atoms with Crippen molar-refractivity contribution in [1.29, 1.82) is 0 Å². The lowest BCUT2D eigenvalue weighted by atomic mass is 10.1. The number of carbonyl (C=O) groups is 1. The summed E-state index contributed by atoms with van der Waals surface area (Å²) in [6, 6.07) is 12.8. The topological polar surface area (TPSA) is 76.1 Å². The zero-order chi connectivity index (χ0) is 14.9. The lowest BCUT2D eigenvalue weighted by Crippen LogP contribution is -2.33. The van der Waals surface area contributed by atoms with Crippen molar-refractivity contribution in [3.05, 3.63) is 54.2 Å². The van der Waals surface area contributed by atoms with Gasteiger partial charge in [-0.05, 0) is 24.6 Å². The van der Waals surface area contributed by atoms with E-state index in [2.05, 4.69) is 20.8 Å². The molecule has 2 amide bonds. The lowest BCUT2D eigenvalue weighted by Gasteiger charge is -2.18. The van der Waals surface area contributed by atoms with Crippen LogP contribution in [0.25, 0.3) is 0 Å². The van der Waals surface area contributed by atoms with Gasteiger partial charge in [-0.15, -0.1) is 5.10 Å². The fourth-order valence-corrected chi connectivity index (χ4v) is 1.86. The number of benzene rings is 1. The second-order valence-electron chi connectivity index (χ2n) is 4.30. The molecule has 6 heteroatoms. The number of nitrogens with zero attached hydrogens (tertiary/aromatic N) is 2. The number of aromatic nitrogens is 2. The number of anilines is 1. The SMILES string of the molecule is CCOC(CNC(=O)Nc1cccnn1)c1ccccc1. The van der Waals surface area contributed by atoms with Gasteiger partial charge in [-0.25, -0.2) is 4.79 Å². The first-order valence-electron chi connectivity index (χ1n) is 6.78. The standard InChI is InChI=1S/C15H18N4O2/c1-2-21-13(12-7-4-3-5-8-12)11-16-15(20)18-14-9-6-10-17-19-14/h3-10,13H,2,11H2,1H3,(H2,16,18,19,20). The molecule has 110 valence electrons. The summed E-state index contributed by atoms with van der Waals surface area (Å²) in [6.07, 6.45) is 1.37. The first kappa shape index (κ1) is 14.9. The Morgan fingerprint density at radius 2 is 2.05 bits per heavy atom. The Labute approximate surface area is 123 Å². The second-order valence-corrected chi connectivity index (χ2v) is 4.30. The van der Waals surface area contributed by atoms with E-state index in [0.29, 0.717) is 19.0 Å². The molecule has 0 aliphatic rings. The molecule has 0 fully saturated rings. The smallest absolute Gasteiger partial charge is 0.320 e. The molecule has 1 heterocycles. The van der Waals surface area contributed by atoms with Crippen molar-refractivity contribution in [3.8, 4) is 0 Å². The van der Waals surface area contributed by atoms with Crippen molar-refractivity contribution in [2.45, 2.75) is 13.0 Å². The van der Waals surface area contributed by atoms with Gasteiger partial charge in [-0.2, -0.15) is 5.10 Å². The van der Waals surface area contributed by atoms with Gasteiger partial charge in [0.1, 0.15) is 0 Å². The molecular weight excluding hydrogens is 268 g/mol. The average molecular weight is 286 g/mol. The molecule has 0 saturated heterocycles. The number of nitrogens with one attached hydrogen (secondary N) is 2. The van der Waals surface area contributed by atoms with Gasteiger partial charge < -0.3 is 10.1 Å². The third-order valence-electron chi connectivity index (χ3n) is 2.80. The zero-order valence-corrected chi connectivity index (χ0v) is 11.8. The quantitative estimate of drug-likeness (QED) is 0.854. The highest BCUT2D eigenvalue weighted by Gasteiger charge is 2.12. The van der Waals surface area contributed by atoms with E-state index in [0.717, 1.165) is 5.56 Å². The summed E-state index contributed by atoms with van der Waals surface area (Å²) in [5, 5.41) is 12.9. The van der Waals surface area contributed by atoms with Crippen LogP contribution >= 0.6 is 0 Å². The third-order valence-corrected chi connectivity index (χ3v) is 2.80. The van der Waals surface area contributed by atoms with E-state index in [1.54, 1.807) is 18.3 Å². The van der Waals surface area contributed by atoms with Gasteiger partial charge in [0.2, 0.25) is 0 Å². The number of amides is 2. The van der Waals surface area contributed by atoms with Crippen LogP contribution in [0.3, 0.4) is 0 Å². The van der Waals surface area contributed by atoms with Crippen LogP contribution in [0.15, 0.2) is 48.7 Å². The average Bonchev–Trinajstić information content (AvgIpc) is 2.53. The van der Waals surface area contributed by atoms with Crippen molar-refractivity contribution in [2.75, 3.05) is 18.5 Å². The summed E-state index contributed by atoms with van der Waals surface area (Å²) in [4.78, 5) is 11.8. The number of urea groups is 1. The normalized spacial score (nSPS) is 11.7. The number of hydrogen-bond acceptors (Lipinski definition) is 4. The van der Waals surface area contributed by atoms with Crippen LogP contribution in [0.1, 0.15) is 18.6 Å². The Morgan fingerprint density at radius 3 is 2.71 bits per heavy atom. The van der Waals surface area contributed by atoms with Gasteiger partial charge in [0, 0.05) is 19.3 Å². The highest BCUT2D eigenvalue weighted by molar-refractivity contribution is 5.88. The maximum atomic E-state index is 11.8. The van der Waals surface area contributed by atoms with Crippen molar-refractivity contribution in [3.63, 3.8) is 0 Å². The van der Waals surface area contributed by atoms with Gasteiger partial charge in [-0.1, -0.05) is 30.3 Å². The third kappa shape index (κ3) is 4.85. The van der Waals surface area contributed by atoms with Gasteiger partial charge >= 0.3 is 6.03 Å². The molecule has 0 spiro atoms. The monoisotopic (exact) mass is 286 g/mol. The highest BCUT2D eigenvalue weighted by Crippen LogP contribution is 2.15. The van der Waals surface area contributed by atoms with Gasteiger partial charge in [-0.3, -0.25) is 5.32 Å². The maximum absolute atomic E-state index is 11.8. The molecular formula is C15H18N4O2. The van der Waals surface area contributed by atoms with Gasteiger partial charge in [0.05, 0.1) is 6.10 Å². The molecule has 0 bridgehead atoms. The fraction of sp³-hybridized carbons (Fsp3) is 0.267. The summed E-state index contributed by atoms with van der Waals surface area (Å²) in [5.74, 6) is 0.405. The minimum absolute atomic E-state index is 0.177. The molecule has 1 atom stereocenters. The van der Waals surface area contributed by atoms with Crippen LogP contribution in [-0.2, 0) is 4.74 Å². The first-order chi connectivity index (χ1) is 10.3. The highest BCUT2D eigenvalue weighted by atomic mass is 16.5. The van der Waals surface area contributed by atoms with Crippen LogP contribution in [0.2, 0.25) is 0 Å². The number of hydrogen-bond donors (Lipinski definition) is 2. The van der Waals surface area contributed by atoms with Crippen LogP contribution in [0.5, 0.6) is 0 Å². The fourth-order valence-electron chi connectivity index (χ4n) is 1.86. The Morgan fingerprint density at radius 1 is 1.24 bits per heavy atom. The van der Waals surface area contributed by atoms with Crippen LogP contribution in [0, 0.1) is 0 Å². The van der Waals surface area contributed by atoms with Crippen LogP contribution < -0.4 is 10.6 Å². The molecule has 1 aromatic carbocycles. The molecule has 1 aromatic heterocycles. The Balaban J connectivity index is 1.88. The van der Waals surface area contributed by atoms with Crippen molar-refractivity contribution in [1.82, 2.24) is 15.5 Å². The molecule has 0 radical (unpaired) electrons. The predicted molar refractivity (Wildman–Crippen MR) is 79.9 cm³/mol. The zero-order valence-electron chi connectivity index (χ0n) is 11.8. The van der Waals surface area contributed by atoms with Crippen molar-refractivity contribution in [2.24, 2.45) is 0 Å². The molecule has 0 aliphatic carbocycles. The summed E-state index contributed by atoms with van der Waals surface area (Å²) in [7, 11) is 0. The number of ether oxygens (including phenoxy) is 1. The summed E-state index contributed by atoms with van der Waals surface area (Å²) >= 11 is 0. The van der Waals surface area contributed by atoms with Crippen molar-refractivity contribution >= 4 is 11.8 Å². The molecule has 0 saturated carbocycles.